The third-order valence-electron chi connectivity index (χ3n) is 5.07. The number of aromatic carboxylic acids is 1. The molecule has 0 saturated heterocycles. The largest absolute Gasteiger partial charge is 0.493 e. The van der Waals surface area contributed by atoms with Gasteiger partial charge in [0.15, 0.2) is 22.1 Å². The maximum Gasteiger partial charge on any atom is 0.349 e. The average Bonchev–Trinajstić information content (AvgIpc) is 3.02. The van der Waals surface area contributed by atoms with Gasteiger partial charge in [0, 0.05) is 16.2 Å². The van der Waals surface area contributed by atoms with Crippen molar-refractivity contribution in [1.29, 1.82) is 0 Å². The van der Waals surface area contributed by atoms with E-state index in [2.05, 4.69) is 0 Å². The van der Waals surface area contributed by atoms with Crippen LogP contribution in [-0.2, 0) is 0 Å². The second kappa shape index (κ2) is 8.62. The topological polar surface area (TPSA) is 65.0 Å². The number of methoxy groups -OCH3 is 2. The van der Waals surface area contributed by atoms with Gasteiger partial charge >= 0.3 is 5.97 Å². The van der Waals surface area contributed by atoms with Crippen molar-refractivity contribution in [2.75, 3.05) is 20.8 Å². The molecule has 1 aromatic heterocycles. The Morgan fingerprint density at radius 2 is 1.85 bits per heavy atom. The number of hydrogen-bond donors (Lipinski definition) is 1. The number of ether oxygens (including phenoxy) is 3. The number of carboxylic acid groups (broad SMARTS) is 1. The average molecular weight is 378 g/mol. The summed E-state index contributed by atoms with van der Waals surface area (Å²) in [6.07, 6.45) is 8.78. The number of carboxylic acids is 1. The molecule has 0 aliphatic heterocycles. The first-order valence-corrected chi connectivity index (χ1v) is 10.00. The molecule has 1 aromatic carbocycles. The van der Waals surface area contributed by atoms with Gasteiger partial charge in [0.25, 0.3) is 0 Å². The third kappa shape index (κ3) is 4.06. The Kier molecular flexibility index (Phi) is 6.25. The van der Waals surface area contributed by atoms with Crippen molar-refractivity contribution in [2.24, 2.45) is 5.92 Å². The Bertz CT molecular complexity index is 761. The minimum Gasteiger partial charge on any atom is -0.493 e. The Morgan fingerprint density at radius 3 is 2.50 bits per heavy atom. The lowest BCUT2D eigenvalue weighted by atomic mass is 9.86. The standard InChI is InChI=1S/C20H26O5S/c1-23-15-11-14-17(12-16(15)24-2)26-19(20(21)22)18(14)25-10-6-9-13-7-4-3-5-8-13/h11-13H,3-10H2,1-2H3,(H,21,22). The van der Waals surface area contributed by atoms with Gasteiger partial charge in [-0.15, -0.1) is 11.3 Å². The van der Waals surface area contributed by atoms with Crippen molar-refractivity contribution in [1.82, 2.24) is 0 Å². The molecule has 0 unspecified atom stereocenters. The van der Waals surface area contributed by atoms with E-state index in [-0.39, 0.29) is 4.88 Å². The van der Waals surface area contributed by atoms with E-state index in [0.29, 0.717) is 23.9 Å². The molecule has 0 spiro atoms. The van der Waals surface area contributed by atoms with Gasteiger partial charge < -0.3 is 19.3 Å². The van der Waals surface area contributed by atoms with Crippen molar-refractivity contribution in [2.45, 2.75) is 44.9 Å². The molecule has 1 fully saturated rings. The Morgan fingerprint density at radius 1 is 1.15 bits per heavy atom. The summed E-state index contributed by atoms with van der Waals surface area (Å²) in [5.74, 6) is 1.44. The van der Waals surface area contributed by atoms with Crippen LogP contribution in [0.5, 0.6) is 17.2 Å². The van der Waals surface area contributed by atoms with Crippen LogP contribution in [0.3, 0.4) is 0 Å². The first-order valence-electron chi connectivity index (χ1n) is 9.18. The summed E-state index contributed by atoms with van der Waals surface area (Å²) in [7, 11) is 3.14. The molecule has 0 amide bonds. The molecule has 1 heterocycles. The second-order valence-electron chi connectivity index (χ2n) is 6.76. The molecule has 2 aromatic rings. The van der Waals surface area contributed by atoms with E-state index in [0.717, 1.165) is 28.8 Å². The van der Waals surface area contributed by atoms with Gasteiger partial charge in [0.05, 0.1) is 20.8 Å². The highest BCUT2D eigenvalue weighted by Gasteiger charge is 2.22. The van der Waals surface area contributed by atoms with Crippen LogP contribution in [0, 0.1) is 5.92 Å². The Labute approximate surface area is 157 Å². The summed E-state index contributed by atoms with van der Waals surface area (Å²) in [5, 5.41) is 10.3. The highest BCUT2D eigenvalue weighted by atomic mass is 32.1. The summed E-state index contributed by atoms with van der Waals surface area (Å²) >= 11 is 1.21. The summed E-state index contributed by atoms with van der Waals surface area (Å²) < 4.78 is 17.4. The molecule has 1 saturated carbocycles. The molecule has 5 nitrogen and oxygen atoms in total. The van der Waals surface area contributed by atoms with Crippen molar-refractivity contribution in [3.63, 3.8) is 0 Å². The lowest BCUT2D eigenvalue weighted by molar-refractivity contribution is 0.0698. The molecule has 26 heavy (non-hydrogen) atoms. The maximum atomic E-state index is 11.6. The smallest absolute Gasteiger partial charge is 0.349 e. The number of rotatable bonds is 8. The van der Waals surface area contributed by atoms with Crippen LogP contribution in [0.15, 0.2) is 12.1 Å². The zero-order chi connectivity index (χ0) is 18.5. The Hall–Kier alpha value is -1.95. The maximum absolute atomic E-state index is 11.6. The molecule has 1 aliphatic rings. The van der Waals surface area contributed by atoms with Crippen LogP contribution in [0.4, 0.5) is 0 Å². The van der Waals surface area contributed by atoms with Gasteiger partial charge in [-0.05, 0) is 24.8 Å². The zero-order valence-electron chi connectivity index (χ0n) is 15.4. The lowest BCUT2D eigenvalue weighted by Gasteiger charge is -2.21. The van der Waals surface area contributed by atoms with E-state index in [1.807, 2.05) is 0 Å². The van der Waals surface area contributed by atoms with Gasteiger partial charge in [-0.25, -0.2) is 4.79 Å². The monoisotopic (exact) mass is 378 g/mol. The van der Waals surface area contributed by atoms with Gasteiger partial charge in [-0.1, -0.05) is 32.1 Å². The summed E-state index contributed by atoms with van der Waals surface area (Å²) in [4.78, 5) is 11.9. The molecule has 142 valence electrons. The first kappa shape index (κ1) is 18.8. The molecule has 1 aliphatic carbocycles. The fourth-order valence-corrected chi connectivity index (χ4v) is 4.70. The molecule has 0 atom stereocenters. The minimum absolute atomic E-state index is 0.230. The molecular weight excluding hydrogens is 352 g/mol. The number of carbonyl (C=O) groups is 1. The van der Waals surface area contributed by atoms with Crippen molar-refractivity contribution in [3.8, 4) is 17.2 Å². The quantitative estimate of drug-likeness (QED) is 0.627. The van der Waals surface area contributed by atoms with E-state index >= 15 is 0 Å². The van der Waals surface area contributed by atoms with Gasteiger partial charge in [0.1, 0.15) is 0 Å². The minimum atomic E-state index is -0.966. The van der Waals surface area contributed by atoms with Crippen LogP contribution in [0.25, 0.3) is 10.1 Å². The predicted molar refractivity (Wildman–Crippen MR) is 103 cm³/mol. The SMILES string of the molecule is COc1cc2sc(C(=O)O)c(OCCCC3CCCCC3)c2cc1OC. The third-order valence-corrected chi connectivity index (χ3v) is 6.19. The summed E-state index contributed by atoms with van der Waals surface area (Å²) in [6.45, 7) is 0.539. The summed E-state index contributed by atoms with van der Waals surface area (Å²) in [6, 6.07) is 3.60. The van der Waals surface area contributed by atoms with Crippen LogP contribution in [0.1, 0.15) is 54.6 Å². The van der Waals surface area contributed by atoms with E-state index < -0.39 is 5.97 Å². The highest BCUT2D eigenvalue weighted by molar-refractivity contribution is 7.21. The predicted octanol–water partition coefficient (Wildman–Crippen LogP) is 5.36. The molecular formula is C20H26O5S. The van der Waals surface area contributed by atoms with E-state index in [4.69, 9.17) is 14.2 Å². The number of benzene rings is 1. The van der Waals surface area contributed by atoms with Gasteiger partial charge in [-0.2, -0.15) is 0 Å². The summed E-state index contributed by atoms with van der Waals surface area (Å²) in [5.41, 5.74) is 0. The molecule has 1 N–H and O–H groups in total. The van der Waals surface area contributed by atoms with Crippen LogP contribution in [-0.4, -0.2) is 31.9 Å². The van der Waals surface area contributed by atoms with Crippen LogP contribution < -0.4 is 14.2 Å². The van der Waals surface area contributed by atoms with Crippen LogP contribution in [0.2, 0.25) is 0 Å². The lowest BCUT2D eigenvalue weighted by Crippen LogP contribution is -2.08. The fraction of sp³-hybridized carbons (Fsp3) is 0.550. The van der Waals surface area contributed by atoms with Crippen LogP contribution >= 0.6 is 11.3 Å². The molecule has 3 rings (SSSR count). The number of fused-ring (bicyclic) bond motifs is 1. The van der Waals surface area contributed by atoms with E-state index in [1.54, 1.807) is 26.4 Å². The van der Waals surface area contributed by atoms with Gasteiger partial charge in [-0.3, -0.25) is 0 Å². The highest BCUT2D eigenvalue weighted by Crippen LogP contribution is 2.43. The van der Waals surface area contributed by atoms with Gasteiger partial charge in [0.2, 0.25) is 0 Å². The zero-order valence-corrected chi connectivity index (χ0v) is 16.2. The van der Waals surface area contributed by atoms with Crippen molar-refractivity contribution >= 4 is 27.4 Å². The number of hydrogen-bond acceptors (Lipinski definition) is 5. The second-order valence-corrected chi connectivity index (χ2v) is 7.82. The number of thiophene rings is 1. The normalized spacial score (nSPS) is 15.2. The molecule has 6 heteroatoms. The Balaban J connectivity index is 1.76. The first-order chi connectivity index (χ1) is 12.6. The fourth-order valence-electron chi connectivity index (χ4n) is 3.71. The van der Waals surface area contributed by atoms with E-state index in [1.165, 1.54) is 43.4 Å². The van der Waals surface area contributed by atoms with Crippen molar-refractivity contribution in [3.05, 3.63) is 17.0 Å². The van der Waals surface area contributed by atoms with Crippen molar-refractivity contribution < 1.29 is 24.1 Å². The molecule has 0 radical (unpaired) electrons. The molecule has 0 bridgehead atoms. The van der Waals surface area contributed by atoms with E-state index in [9.17, 15) is 9.90 Å².